The minimum atomic E-state index is -0.484. The number of rotatable bonds is 7. The summed E-state index contributed by atoms with van der Waals surface area (Å²) in [4.78, 5) is 4.28. The number of hydrogen-bond donors (Lipinski definition) is 1. The molecule has 1 aromatic heterocycles. The molecule has 0 radical (unpaired) electrons. The van der Waals surface area contributed by atoms with Gasteiger partial charge in [-0.2, -0.15) is 0 Å². The summed E-state index contributed by atoms with van der Waals surface area (Å²) in [5.41, 5.74) is 0.897. The SMILES string of the molecule is COCC(O)CN(C)Cc1ccc(-c2cccc(F)c2)s1. The molecule has 0 bridgehead atoms. The molecule has 0 spiro atoms. The number of nitrogens with zero attached hydrogens (tertiary/aromatic N) is 1. The maximum absolute atomic E-state index is 13.2. The van der Waals surface area contributed by atoms with E-state index >= 15 is 0 Å². The zero-order chi connectivity index (χ0) is 15.2. The van der Waals surface area contributed by atoms with E-state index in [1.165, 1.54) is 10.9 Å². The van der Waals surface area contributed by atoms with Crippen molar-refractivity contribution in [3.05, 3.63) is 47.1 Å². The average Bonchev–Trinajstić information content (AvgIpc) is 2.87. The predicted octanol–water partition coefficient (Wildman–Crippen LogP) is 2.99. The summed E-state index contributed by atoms with van der Waals surface area (Å²) >= 11 is 1.64. The van der Waals surface area contributed by atoms with Crippen molar-refractivity contribution in [2.24, 2.45) is 0 Å². The summed E-state index contributed by atoms with van der Waals surface area (Å²) in [5, 5.41) is 9.71. The highest BCUT2D eigenvalue weighted by molar-refractivity contribution is 7.15. The molecule has 1 N–H and O–H groups in total. The van der Waals surface area contributed by atoms with Crippen LogP contribution in [0.4, 0.5) is 4.39 Å². The quantitative estimate of drug-likeness (QED) is 0.853. The summed E-state index contributed by atoms with van der Waals surface area (Å²) in [6.45, 7) is 1.64. The first-order valence-corrected chi connectivity index (χ1v) is 7.60. The Morgan fingerprint density at radius 2 is 2.14 bits per heavy atom. The Balaban J connectivity index is 1.97. The second-order valence-electron chi connectivity index (χ2n) is 5.08. The molecule has 0 aliphatic rings. The summed E-state index contributed by atoms with van der Waals surface area (Å²) in [6, 6.07) is 10.7. The largest absolute Gasteiger partial charge is 0.389 e. The van der Waals surface area contributed by atoms with Gasteiger partial charge < -0.3 is 9.84 Å². The zero-order valence-corrected chi connectivity index (χ0v) is 13.1. The lowest BCUT2D eigenvalue weighted by Gasteiger charge is -2.19. The number of likely N-dealkylation sites (N-methyl/N-ethyl adjacent to an activating group) is 1. The summed E-state index contributed by atoms with van der Waals surface area (Å²) in [7, 11) is 3.54. The predicted molar refractivity (Wildman–Crippen MR) is 83.9 cm³/mol. The van der Waals surface area contributed by atoms with E-state index < -0.39 is 6.10 Å². The summed E-state index contributed by atoms with van der Waals surface area (Å²) in [5.74, 6) is -0.220. The second kappa shape index (κ2) is 7.66. The van der Waals surface area contributed by atoms with Crippen LogP contribution in [-0.4, -0.2) is 43.4 Å². The highest BCUT2D eigenvalue weighted by Gasteiger charge is 2.10. The Bertz CT molecular complexity index is 573. The van der Waals surface area contributed by atoms with Gasteiger partial charge in [-0.3, -0.25) is 4.90 Å². The Labute approximate surface area is 128 Å². The summed E-state index contributed by atoms with van der Waals surface area (Å²) in [6.07, 6.45) is -0.484. The number of benzene rings is 1. The Morgan fingerprint density at radius 3 is 2.86 bits per heavy atom. The van der Waals surface area contributed by atoms with Crippen molar-refractivity contribution in [2.45, 2.75) is 12.6 Å². The van der Waals surface area contributed by atoms with Crippen LogP contribution in [0.2, 0.25) is 0 Å². The average molecular weight is 309 g/mol. The topological polar surface area (TPSA) is 32.7 Å². The molecule has 2 aromatic rings. The van der Waals surface area contributed by atoms with Gasteiger partial charge in [-0.1, -0.05) is 12.1 Å². The minimum Gasteiger partial charge on any atom is -0.389 e. The van der Waals surface area contributed by atoms with E-state index in [1.807, 2.05) is 30.1 Å². The Kier molecular flexibility index (Phi) is 5.87. The first-order valence-electron chi connectivity index (χ1n) is 6.78. The molecule has 0 amide bonds. The Hall–Kier alpha value is -1.27. The van der Waals surface area contributed by atoms with E-state index in [0.717, 1.165) is 17.0 Å². The first-order chi connectivity index (χ1) is 10.1. The molecule has 2 rings (SSSR count). The van der Waals surface area contributed by atoms with Crippen LogP contribution in [0.3, 0.4) is 0 Å². The highest BCUT2D eigenvalue weighted by atomic mass is 32.1. The van der Waals surface area contributed by atoms with Crippen molar-refractivity contribution in [1.29, 1.82) is 0 Å². The van der Waals surface area contributed by atoms with Gasteiger partial charge in [0.2, 0.25) is 0 Å². The number of methoxy groups -OCH3 is 1. The number of hydrogen-bond acceptors (Lipinski definition) is 4. The van der Waals surface area contributed by atoms with Crippen LogP contribution in [-0.2, 0) is 11.3 Å². The van der Waals surface area contributed by atoms with E-state index in [4.69, 9.17) is 4.74 Å². The van der Waals surface area contributed by atoms with Gasteiger partial charge in [-0.15, -0.1) is 11.3 Å². The molecular weight excluding hydrogens is 289 g/mol. The lowest BCUT2D eigenvalue weighted by Crippen LogP contribution is -2.31. The van der Waals surface area contributed by atoms with Gasteiger partial charge >= 0.3 is 0 Å². The van der Waals surface area contributed by atoms with Crippen molar-refractivity contribution >= 4 is 11.3 Å². The standard InChI is InChI=1S/C16H20FNO2S/c1-18(9-14(19)11-20-2)10-15-6-7-16(21-15)12-4-3-5-13(17)8-12/h3-8,14,19H,9-11H2,1-2H3. The van der Waals surface area contributed by atoms with E-state index in [-0.39, 0.29) is 5.82 Å². The molecule has 1 atom stereocenters. The number of ether oxygens (including phenoxy) is 1. The third-order valence-corrected chi connectivity index (χ3v) is 4.20. The second-order valence-corrected chi connectivity index (χ2v) is 6.25. The van der Waals surface area contributed by atoms with Crippen molar-refractivity contribution in [1.82, 2.24) is 4.90 Å². The van der Waals surface area contributed by atoms with Gasteiger partial charge in [0.1, 0.15) is 5.82 Å². The van der Waals surface area contributed by atoms with E-state index in [9.17, 15) is 9.50 Å². The van der Waals surface area contributed by atoms with Crippen molar-refractivity contribution in [2.75, 3.05) is 27.3 Å². The maximum Gasteiger partial charge on any atom is 0.123 e. The molecule has 1 unspecified atom stereocenters. The minimum absolute atomic E-state index is 0.220. The molecule has 3 nitrogen and oxygen atoms in total. The first kappa shape index (κ1) is 16.1. The molecule has 0 saturated heterocycles. The highest BCUT2D eigenvalue weighted by Crippen LogP contribution is 2.29. The molecule has 0 aliphatic heterocycles. The van der Waals surface area contributed by atoms with Crippen LogP contribution in [0, 0.1) is 5.82 Å². The van der Waals surface area contributed by atoms with Crippen LogP contribution < -0.4 is 0 Å². The molecule has 5 heteroatoms. The van der Waals surface area contributed by atoms with Gasteiger partial charge in [-0.05, 0) is 36.9 Å². The van der Waals surface area contributed by atoms with Crippen molar-refractivity contribution in [3.8, 4) is 10.4 Å². The third kappa shape index (κ3) is 4.89. The smallest absolute Gasteiger partial charge is 0.123 e. The van der Waals surface area contributed by atoms with Gasteiger partial charge in [-0.25, -0.2) is 4.39 Å². The van der Waals surface area contributed by atoms with Crippen molar-refractivity contribution < 1.29 is 14.2 Å². The molecule has 0 saturated carbocycles. The summed E-state index contributed by atoms with van der Waals surface area (Å²) < 4.78 is 18.2. The van der Waals surface area contributed by atoms with Gasteiger partial charge in [0.25, 0.3) is 0 Å². The van der Waals surface area contributed by atoms with E-state index in [2.05, 4.69) is 0 Å². The number of aliphatic hydroxyl groups excluding tert-OH is 1. The van der Waals surface area contributed by atoms with Crippen LogP contribution in [0.15, 0.2) is 36.4 Å². The van der Waals surface area contributed by atoms with E-state index in [0.29, 0.717) is 13.2 Å². The van der Waals surface area contributed by atoms with Gasteiger partial charge in [0.15, 0.2) is 0 Å². The third-order valence-electron chi connectivity index (χ3n) is 3.08. The molecule has 0 aliphatic carbocycles. The number of aliphatic hydroxyl groups is 1. The lowest BCUT2D eigenvalue weighted by molar-refractivity contribution is 0.0420. The fraction of sp³-hybridized carbons (Fsp3) is 0.375. The molecule has 0 fully saturated rings. The van der Waals surface area contributed by atoms with Crippen LogP contribution in [0.1, 0.15) is 4.88 Å². The monoisotopic (exact) mass is 309 g/mol. The van der Waals surface area contributed by atoms with Crippen LogP contribution in [0.5, 0.6) is 0 Å². The normalized spacial score (nSPS) is 12.8. The zero-order valence-electron chi connectivity index (χ0n) is 12.3. The fourth-order valence-corrected chi connectivity index (χ4v) is 3.28. The molecule has 114 valence electrons. The fourth-order valence-electron chi connectivity index (χ4n) is 2.20. The van der Waals surface area contributed by atoms with Gasteiger partial charge in [0, 0.05) is 30.0 Å². The van der Waals surface area contributed by atoms with Crippen LogP contribution >= 0.6 is 11.3 Å². The lowest BCUT2D eigenvalue weighted by atomic mass is 10.2. The van der Waals surface area contributed by atoms with Crippen molar-refractivity contribution in [3.63, 3.8) is 0 Å². The molecular formula is C16H20FNO2S. The Morgan fingerprint density at radius 1 is 1.33 bits per heavy atom. The van der Waals surface area contributed by atoms with Gasteiger partial charge in [0.05, 0.1) is 12.7 Å². The number of thiophene rings is 1. The van der Waals surface area contributed by atoms with Crippen LogP contribution in [0.25, 0.3) is 10.4 Å². The molecule has 1 heterocycles. The molecule has 21 heavy (non-hydrogen) atoms. The molecule has 1 aromatic carbocycles. The number of halogens is 1. The van der Waals surface area contributed by atoms with E-state index in [1.54, 1.807) is 30.6 Å². The maximum atomic E-state index is 13.2.